The quantitative estimate of drug-likeness (QED) is 0.513. The molecule has 5 heteroatoms. The maximum absolute atomic E-state index is 12.9. The molecule has 0 aliphatic rings. The lowest BCUT2D eigenvalue weighted by atomic mass is 10.0. The van der Waals surface area contributed by atoms with Crippen LogP contribution in [0.15, 0.2) is 83.7 Å². The number of aryl methyl sites for hydroxylation is 1. The summed E-state index contributed by atoms with van der Waals surface area (Å²) in [6, 6.07) is 18.0. The minimum atomic E-state index is -0.386. The van der Waals surface area contributed by atoms with E-state index in [2.05, 4.69) is 10.3 Å². The molecule has 0 aliphatic carbocycles. The van der Waals surface area contributed by atoms with Crippen LogP contribution in [0.3, 0.4) is 0 Å². The summed E-state index contributed by atoms with van der Waals surface area (Å²) in [7, 11) is 0. The molecule has 5 nitrogen and oxygen atoms in total. The van der Waals surface area contributed by atoms with E-state index in [-0.39, 0.29) is 17.2 Å². The van der Waals surface area contributed by atoms with Gasteiger partial charge in [-0.25, -0.2) is 0 Å². The molecule has 0 atom stereocenters. The molecule has 138 valence electrons. The second-order valence-corrected chi connectivity index (χ2v) is 6.43. The Balaban J connectivity index is 1.65. The molecule has 0 saturated carbocycles. The lowest BCUT2D eigenvalue weighted by Crippen LogP contribution is -2.13. The molecule has 2 heterocycles. The van der Waals surface area contributed by atoms with Crippen LogP contribution in [0.25, 0.3) is 22.5 Å². The Morgan fingerprint density at radius 3 is 2.61 bits per heavy atom. The normalized spacial score (nSPS) is 10.6. The summed E-state index contributed by atoms with van der Waals surface area (Å²) in [5.74, 6) is 0.254. The first kappa shape index (κ1) is 17.5. The SMILES string of the molecule is Cc1ccc(-c2ccco2)cc1NC(=O)c1cc(-c2cccnc2)ccc1O. The molecule has 2 aromatic heterocycles. The Morgan fingerprint density at radius 1 is 1.00 bits per heavy atom. The van der Waals surface area contributed by atoms with Gasteiger partial charge in [0.15, 0.2) is 0 Å². The highest BCUT2D eigenvalue weighted by molar-refractivity contribution is 6.07. The minimum absolute atomic E-state index is 0.0787. The van der Waals surface area contributed by atoms with Crippen LogP contribution in [-0.2, 0) is 0 Å². The van der Waals surface area contributed by atoms with Crippen LogP contribution in [0.5, 0.6) is 5.75 Å². The second kappa shape index (κ2) is 7.40. The molecule has 0 spiro atoms. The van der Waals surface area contributed by atoms with Gasteiger partial charge in [-0.3, -0.25) is 9.78 Å². The molecular weight excluding hydrogens is 352 g/mol. The van der Waals surface area contributed by atoms with Crippen LogP contribution in [0.4, 0.5) is 5.69 Å². The molecule has 4 rings (SSSR count). The number of carbonyl (C=O) groups is 1. The molecule has 1 amide bonds. The summed E-state index contributed by atoms with van der Waals surface area (Å²) in [6.07, 6.45) is 5.01. The molecule has 0 saturated heterocycles. The summed E-state index contributed by atoms with van der Waals surface area (Å²) in [5.41, 5.74) is 4.30. The molecule has 2 N–H and O–H groups in total. The molecular formula is C23H18N2O3. The maximum atomic E-state index is 12.9. The van der Waals surface area contributed by atoms with E-state index in [0.29, 0.717) is 5.69 Å². The number of amides is 1. The predicted octanol–water partition coefficient (Wildman–Crippen LogP) is 5.27. The number of hydrogen-bond acceptors (Lipinski definition) is 4. The number of hydrogen-bond donors (Lipinski definition) is 2. The lowest BCUT2D eigenvalue weighted by Gasteiger charge is -2.12. The number of benzene rings is 2. The van der Waals surface area contributed by atoms with Crippen molar-refractivity contribution in [2.24, 2.45) is 0 Å². The van der Waals surface area contributed by atoms with E-state index in [0.717, 1.165) is 28.0 Å². The smallest absolute Gasteiger partial charge is 0.259 e. The summed E-state index contributed by atoms with van der Waals surface area (Å²) >= 11 is 0. The Bertz CT molecular complexity index is 1120. The van der Waals surface area contributed by atoms with Crippen molar-refractivity contribution in [3.63, 3.8) is 0 Å². The average molecular weight is 370 g/mol. The van der Waals surface area contributed by atoms with Gasteiger partial charge in [0.2, 0.25) is 0 Å². The van der Waals surface area contributed by atoms with Crippen molar-refractivity contribution in [1.82, 2.24) is 4.98 Å². The van der Waals surface area contributed by atoms with Crippen LogP contribution < -0.4 is 5.32 Å². The van der Waals surface area contributed by atoms with Crippen LogP contribution in [0.1, 0.15) is 15.9 Å². The first-order valence-corrected chi connectivity index (χ1v) is 8.81. The zero-order chi connectivity index (χ0) is 19.5. The van der Waals surface area contributed by atoms with Crippen LogP contribution in [0, 0.1) is 6.92 Å². The van der Waals surface area contributed by atoms with Crippen molar-refractivity contribution in [2.45, 2.75) is 6.92 Å². The number of aromatic nitrogens is 1. The average Bonchev–Trinajstić information content (AvgIpc) is 3.25. The van der Waals surface area contributed by atoms with Gasteiger partial charge < -0.3 is 14.8 Å². The summed E-state index contributed by atoms with van der Waals surface area (Å²) < 4.78 is 5.43. The monoisotopic (exact) mass is 370 g/mol. The topological polar surface area (TPSA) is 75.4 Å². The molecule has 0 bridgehead atoms. The number of nitrogens with one attached hydrogen (secondary N) is 1. The number of phenolic OH excluding ortho intramolecular Hbond substituents is 1. The van der Waals surface area contributed by atoms with Gasteiger partial charge in [-0.05, 0) is 54.4 Å². The highest BCUT2D eigenvalue weighted by atomic mass is 16.3. The molecule has 0 unspecified atom stereocenters. The Morgan fingerprint density at radius 2 is 1.86 bits per heavy atom. The van der Waals surface area contributed by atoms with Gasteiger partial charge >= 0.3 is 0 Å². The number of furan rings is 1. The van der Waals surface area contributed by atoms with E-state index in [1.807, 2.05) is 49.4 Å². The fourth-order valence-electron chi connectivity index (χ4n) is 2.97. The van der Waals surface area contributed by atoms with E-state index in [4.69, 9.17) is 4.42 Å². The first-order chi connectivity index (χ1) is 13.6. The van der Waals surface area contributed by atoms with Gasteiger partial charge in [0.1, 0.15) is 11.5 Å². The van der Waals surface area contributed by atoms with E-state index >= 15 is 0 Å². The zero-order valence-electron chi connectivity index (χ0n) is 15.2. The summed E-state index contributed by atoms with van der Waals surface area (Å²) in [5, 5.41) is 13.1. The van der Waals surface area contributed by atoms with Gasteiger partial charge in [0.25, 0.3) is 5.91 Å². The fourth-order valence-corrected chi connectivity index (χ4v) is 2.97. The molecule has 0 radical (unpaired) electrons. The lowest BCUT2D eigenvalue weighted by molar-refractivity contribution is 0.102. The first-order valence-electron chi connectivity index (χ1n) is 8.81. The molecule has 28 heavy (non-hydrogen) atoms. The van der Waals surface area contributed by atoms with Gasteiger partial charge in [-0.15, -0.1) is 0 Å². The van der Waals surface area contributed by atoms with Gasteiger partial charge in [-0.2, -0.15) is 0 Å². The van der Waals surface area contributed by atoms with Gasteiger partial charge in [0, 0.05) is 29.2 Å². The third-order valence-corrected chi connectivity index (χ3v) is 4.53. The Hall–Kier alpha value is -3.86. The van der Waals surface area contributed by atoms with Crippen molar-refractivity contribution >= 4 is 11.6 Å². The largest absolute Gasteiger partial charge is 0.507 e. The molecule has 4 aromatic rings. The molecule has 2 aromatic carbocycles. The standard InChI is InChI=1S/C23H18N2O3/c1-15-6-7-17(22-5-3-11-28-22)13-20(15)25-23(27)19-12-16(8-9-21(19)26)18-4-2-10-24-14-18/h2-14,26H,1H3,(H,25,27). The number of nitrogens with zero attached hydrogens (tertiary/aromatic N) is 1. The highest BCUT2D eigenvalue weighted by Gasteiger charge is 2.15. The van der Waals surface area contributed by atoms with Gasteiger partial charge in [-0.1, -0.05) is 24.3 Å². The van der Waals surface area contributed by atoms with Crippen LogP contribution in [0.2, 0.25) is 0 Å². The van der Waals surface area contributed by atoms with Crippen molar-refractivity contribution in [2.75, 3.05) is 5.32 Å². The Kier molecular flexibility index (Phi) is 4.64. The maximum Gasteiger partial charge on any atom is 0.259 e. The Labute approximate surface area is 162 Å². The number of rotatable bonds is 4. The van der Waals surface area contributed by atoms with E-state index < -0.39 is 0 Å². The highest BCUT2D eigenvalue weighted by Crippen LogP contribution is 2.29. The van der Waals surface area contributed by atoms with Crippen LogP contribution >= 0.6 is 0 Å². The third kappa shape index (κ3) is 3.50. The summed E-state index contributed by atoms with van der Waals surface area (Å²) in [6.45, 7) is 1.91. The zero-order valence-corrected chi connectivity index (χ0v) is 15.2. The molecule has 0 aliphatic heterocycles. The van der Waals surface area contributed by atoms with Crippen molar-refractivity contribution in [1.29, 1.82) is 0 Å². The van der Waals surface area contributed by atoms with E-state index in [1.54, 1.807) is 30.8 Å². The second-order valence-electron chi connectivity index (χ2n) is 6.43. The van der Waals surface area contributed by atoms with Gasteiger partial charge in [0.05, 0.1) is 11.8 Å². The molecule has 0 fully saturated rings. The minimum Gasteiger partial charge on any atom is -0.507 e. The van der Waals surface area contributed by atoms with E-state index in [1.165, 1.54) is 6.07 Å². The van der Waals surface area contributed by atoms with Crippen molar-refractivity contribution < 1.29 is 14.3 Å². The van der Waals surface area contributed by atoms with Crippen molar-refractivity contribution in [3.05, 3.63) is 90.4 Å². The number of pyridine rings is 1. The number of phenols is 1. The summed E-state index contributed by atoms with van der Waals surface area (Å²) in [4.78, 5) is 17.0. The third-order valence-electron chi connectivity index (χ3n) is 4.53. The van der Waals surface area contributed by atoms with E-state index in [9.17, 15) is 9.90 Å². The number of aromatic hydroxyl groups is 1. The predicted molar refractivity (Wildman–Crippen MR) is 108 cm³/mol. The van der Waals surface area contributed by atoms with Crippen LogP contribution in [-0.4, -0.2) is 16.0 Å². The van der Waals surface area contributed by atoms with Crippen molar-refractivity contribution in [3.8, 4) is 28.2 Å². The fraction of sp³-hybridized carbons (Fsp3) is 0.0435. The number of anilines is 1. The number of carbonyl (C=O) groups excluding carboxylic acids is 1.